The largest absolute Gasteiger partial charge is 0.330 e. The minimum absolute atomic E-state index is 0.447. The summed E-state index contributed by atoms with van der Waals surface area (Å²) in [5.41, 5.74) is 3.53. The molecule has 2 aromatic rings. The third kappa shape index (κ3) is 1.87. The van der Waals surface area contributed by atoms with E-state index in [0.29, 0.717) is 6.04 Å². The highest BCUT2D eigenvalue weighted by Crippen LogP contribution is 2.12. The lowest BCUT2D eigenvalue weighted by molar-refractivity contribution is 0.559. The number of imidazole rings is 2. The molecule has 0 atom stereocenters. The van der Waals surface area contributed by atoms with Crippen LogP contribution >= 0.6 is 0 Å². The molecule has 0 saturated heterocycles. The predicted molar refractivity (Wildman–Crippen MR) is 63.4 cm³/mol. The van der Waals surface area contributed by atoms with Crippen LogP contribution in [0.25, 0.3) is 0 Å². The van der Waals surface area contributed by atoms with Crippen LogP contribution in [0, 0.1) is 13.8 Å². The van der Waals surface area contributed by atoms with Crippen LogP contribution in [-0.2, 0) is 6.54 Å². The normalized spacial score (nSPS) is 11.3. The maximum atomic E-state index is 4.30. The Morgan fingerprint density at radius 1 is 1.25 bits per heavy atom. The average Bonchev–Trinajstić information content (AvgIpc) is 2.80. The molecular weight excluding hydrogens is 200 g/mol. The molecule has 0 spiro atoms. The monoisotopic (exact) mass is 218 g/mol. The number of aryl methyl sites for hydroxylation is 1. The Bertz CT molecular complexity index is 479. The lowest BCUT2D eigenvalue weighted by Gasteiger charge is -2.12. The summed E-state index contributed by atoms with van der Waals surface area (Å²) in [6, 6.07) is 0.447. The SMILES string of the molecule is Cc1ncn(Cc2cncn2C(C)C)c1C. The molecule has 2 aromatic heterocycles. The fraction of sp³-hybridized carbons (Fsp3) is 0.500. The summed E-state index contributed by atoms with van der Waals surface area (Å²) in [6.07, 6.45) is 5.70. The minimum Gasteiger partial charge on any atom is -0.330 e. The first kappa shape index (κ1) is 10.9. The van der Waals surface area contributed by atoms with E-state index in [4.69, 9.17) is 0 Å². The van der Waals surface area contributed by atoms with Gasteiger partial charge in [-0.05, 0) is 27.7 Å². The fourth-order valence-electron chi connectivity index (χ4n) is 1.80. The van der Waals surface area contributed by atoms with Crippen LogP contribution in [-0.4, -0.2) is 19.1 Å². The number of rotatable bonds is 3. The predicted octanol–water partition coefficient (Wildman–Crippen LogP) is 2.33. The van der Waals surface area contributed by atoms with Crippen molar-refractivity contribution < 1.29 is 0 Å². The van der Waals surface area contributed by atoms with Gasteiger partial charge in [-0.2, -0.15) is 0 Å². The standard InChI is InChI=1S/C12H18N4/c1-9(2)16-7-13-5-12(16)6-15-8-14-10(3)11(15)4/h5,7-9H,6H2,1-4H3. The van der Waals surface area contributed by atoms with Crippen LogP contribution in [0.2, 0.25) is 0 Å². The molecule has 0 radical (unpaired) electrons. The Balaban J connectivity index is 2.27. The maximum Gasteiger partial charge on any atom is 0.0955 e. The van der Waals surface area contributed by atoms with Gasteiger partial charge in [0, 0.05) is 17.9 Å². The summed E-state index contributed by atoms with van der Waals surface area (Å²) >= 11 is 0. The Labute approximate surface area is 96.0 Å². The zero-order chi connectivity index (χ0) is 11.7. The molecule has 2 rings (SSSR count). The van der Waals surface area contributed by atoms with Gasteiger partial charge in [-0.25, -0.2) is 9.97 Å². The van der Waals surface area contributed by atoms with Gasteiger partial charge in [0.1, 0.15) is 0 Å². The van der Waals surface area contributed by atoms with Crippen LogP contribution in [0.4, 0.5) is 0 Å². The van der Waals surface area contributed by atoms with E-state index >= 15 is 0 Å². The molecule has 4 nitrogen and oxygen atoms in total. The molecule has 0 amide bonds. The van der Waals surface area contributed by atoms with Crippen LogP contribution in [0.3, 0.4) is 0 Å². The summed E-state index contributed by atoms with van der Waals surface area (Å²) in [4.78, 5) is 8.51. The van der Waals surface area contributed by atoms with E-state index in [1.165, 1.54) is 11.4 Å². The summed E-state index contributed by atoms with van der Waals surface area (Å²) in [6.45, 7) is 9.29. The van der Waals surface area contributed by atoms with Gasteiger partial charge in [-0.15, -0.1) is 0 Å². The zero-order valence-electron chi connectivity index (χ0n) is 10.3. The first-order chi connectivity index (χ1) is 7.59. The summed E-state index contributed by atoms with van der Waals surface area (Å²) in [7, 11) is 0. The van der Waals surface area contributed by atoms with E-state index in [1.807, 2.05) is 25.8 Å². The maximum absolute atomic E-state index is 4.30. The number of hydrogen-bond acceptors (Lipinski definition) is 2. The van der Waals surface area contributed by atoms with E-state index in [1.54, 1.807) is 0 Å². The van der Waals surface area contributed by atoms with Crippen molar-refractivity contribution in [2.24, 2.45) is 0 Å². The molecule has 0 aliphatic carbocycles. The molecule has 2 heterocycles. The molecule has 0 unspecified atom stereocenters. The summed E-state index contributed by atoms with van der Waals surface area (Å²) < 4.78 is 4.35. The highest BCUT2D eigenvalue weighted by Gasteiger charge is 2.08. The molecule has 0 N–H and O–H groups in total. The molecule has 0 bridgehead atoms. The van der Waals surface area contributed by atoms with Crippen molar-refractivity contribution in [1.82, 2.24) is 19.1 Å². The summed E-state index contributed by atoms with van der Waals surface area (Å²) in [5, 5.41) is 0. The quantitative estimate of drug-likeness (QED) is 0.792. The minimum atomic E-state index is 0.447. The van der Waals surface area contributed by atoms with E-state index in [0.717, 1.165) is 12.2 Å². The Morgan fingerprint density at radius 2 is 2.00 bits per heavy atom. The molecular formula is C12H18N4. The van der Waals surface area contributed by atoms with Gasteiger partial charge in [0.15, 0.2) is 0 Å². The second-order valence-electron chi connectivity index (χ2n) is 4.43. The third-order valence-electron chi connectivity index (χ3n) is 2.98. The van der Waals surface area contributed by atoms with Gasteiger partial charge >= 0.3 is 0 Å². The number of nitrogens with zero attached hydrogens (tertiary/aromatic N) is 4. The van der Waals surface area contributed by atoms with Gasteiger partial charge in [-0.1, -0.05) is 0 Å². The van der Waals surface area contributed by atoms with Crippen LogP contribution < -0.4 is 0 Å². The highest BCUT2D eigenvalue weighted by atomic mass is 15.1. The van der Waals surface area contributed by atoms with Gasteiger partial charge in [0.05, 0.1) is 30.6 Å². The number of aromatic nitrogens is 4. The zero-order valence-corrected chi connectivity index (χ0v) is 10.3. The first-order valence-electron chi connectivity index (χ1n) is 5.58. The first-order valence-corrected chi connectivity index (χ1v) is 5.58. The van der Waals surface area contributed by atoms with Crippen molar-refractivity contribution in [3.63, 3.8) is 0 Å². The topological polar surface area (TPSA) is 35.6 Å². The van der Waals surface area contributed by atoms with Crippen molar-refractivity contribution in [3.05, 3.63) is 35.9 Å². The fourth-order valence-corrected chi connectivity index (χ4v) is 1.80. The van der Waals surface area contributed by atoms with E-state index in [-0.39, 0.29) is 0 Å². The van der Waals surface area contributed by atoms with Crippen LogP contribution in [0.1, 0.15) is 37.0 Å². The van der Waals surface area contributed by atoms with Gasteiger partial charge < -0.3 is 9.13 Å². The Morgan fingerprint density at radius 3 is 2.56 bits per heavy atom. The second-order valence-corrected chi connectivity index (χ2v) is 4.43. The van der Waals surface area contributed by atoms with Crippen molar-refractivity contribution >= 4 is 0 Å². The van der Waals surface area contributed by atoms with Gasteiger partial charge in [0.25, 0.3) is 0 Å². The number of hydrogen-bond donors (Lipinski definition) is 0. The van der Waals surface area contributed by atoms with Gasteiger partial charge in [-0.3, -0.25) is 0 Å². The van der Waals surface area contributed by atoms with Crippen molar-refractivity contribution in [2.75, 3.05) is 0 Å². The van der Waals surface area contributed by atoms with Gasteiger partial charge in [0.2, 0.25) is 0 Å². The van der Waals surface area contributed by atoms with Crippen LogP contribution in [0.15, 0.2) is 18.9 Å². The lowest BCUT2D eigenvalue weighted by Crippen LogP contribution is -2.09. The molecule has 0 aromatic carbocycles. The summed E-state index contributed by atoms with van der Waals surface area (Å²) in [5.74, 6) is 0. The molecule has 0 aliphatic rings. The lowest BCUT2D eigenvalue weighted by atomic mass is 10.3. The second kappa shape index (κ2) is 4.12. The molecule has 0 aliphatic heterocycles. The molecule has 4 heteroatoms. The van der Waals surface area contributed by atoms with E-state index < -0.39 is 0 Å². The highest BCUT2D eigenvalue weighted by molar-refractivity contribution is 5.11. The third-order valence-corrected chi connectivity index (χ3v) is 2.98. The molecule has 0 saturated carbocycles. The van der Waals surface area contributed by atoms with E-state index in [2.05, 4.69) is 39.9 Å². The molecule has 86 valence electrons. The Kier molecular flexibility index (Phi) is 2.81. The Hall–Kier alpha value is -1.58. The smallest absolute Gasteiger partial charge is 0.0955 e. The average molecular weight is 218 g/mol. The van der Waals surface area contributed by atoms with Crippen molar-refractivity contribution in [1.29, 1.82) is 0 Å². The van der Waals surface area contributed by atoms with Crippen molar-refractivity contribution in [3.8, 4) is 0 Å². The van der Waals surface area contributed by atoms with E-state index in [9.17, 15) is 0 Å². The molecule has 16 heavy (non-hydrogen) atoms. The van der Waals surface area contributed by atoms with Crippen molar-refractivity contribution in [2.45, 2.75) is 40.3 Å². The molecule has 0 fully saturated rings. The van der Waals surface area contributed by atoms with Crippen LogP contribution in [0.5, 0.6) is 0 Å².